The summed E-state index contributed by atoms with van der Waals surface area (Å²) in [4.78, 5) is 8.37. The Hall–Kier alpha value is -2.49. The molecule has 0 atom stereocenters. The molecule has 0 amide bonds. The molecule has 0 bridgehead atoms. The smallest absolute Gasteiger partial charge is 0.191 e. The van der Waals surface area contributed by atoms with E-state index in [4.69, 9.17) is 0 Å². The average molecular weight is 497 g/mol. The zero-order chi connectivity index (χ0) is 19.1. The van der Waals surface area contributed by atoms with Crippen LogP contribution in [-0.4, -0.2) is 22.1 Å². The predicted molar refractivity (Wildman–Crippen MR) is 117 cm³/mol. The summed E-state index contributed by atoms with van der Waals surface area (Å²) in [5, 5.41) is 6.19. The summed E-state index contributed by atoms with van der Waals surface area (Å²) in [7, 11) is 0. The van der Waals surface area contributed by atoms with Crippen molar-refractivity contribution in [2.75, 3.05) is 6.54 Å². The van der Waals surface area contributed by atoms with E-state index in [1.807, 2.05) is 13.0 Å². The summed E-state index contributed by atoms with van der Waals surface area (Å²) in [5.41, 5.74) is 1.73. The Labute approximate surface area is 179 Å². The molecule has 1 aromatic heterocycles. The van der Waals surface area contributed by atoms with Gasteiger partial charge < -0.3 is 15.2 Å². The van der Waals surface area contributed by atoms with E-state index in [-0.39, 0.29) is 35.6 Å². The van der Waals surface area contributed by atoms with Crippen molar-refractivity contribution in [2.45, 2.75) is 20.0 Å². The number of aliphatic imine (C=N–C) groups is 1. The van der Waals surface area contributed by atoms with Crippen LogP contribution in [0.5, 0.6) is 0 Å². The third-order valence-electron chi connectivity index (χ3n) is 3.96. The fourth-order valence-electron chi connectivity index (χ4n) is 2.59. The second kappa shape index (κ2) is 10.7. The standard InChI is InChI=1S/C20H21F2N5.HI/c1-2-24-20(26-13-16-5-3-4-6-17(16)21)25-12-15-7-8-19(18(22)11-15)27-10-9-23-14-27;/h3-11,14H,2,12-13H2,1H3,(H2,24,25,26);1H. The lowest BCUT2D eigenvalue weighted by Gasteiger charge is -2.12. The first kappa shape index (κ1) is 21.8. The Morgan fingerprint density at radius 1 is 1.11 bits per heavy atom. The molecule has 0 aliphatic rings. The number of halogens is 3. The van der Waals surface area contributed by atoms with Gasteiger partial charge in [0.25, 0.3) is 0 Å². The number of benzene rings is 2. The quantitative estimate of drug-likeness (QED) is 0.308. The third-order valence-corrected chi connectivity index (χ3v) is 3.96. The Bertz CT molecular complexity index is 913. The highest BCUT2D eigenvalue weighted by molar-refractivity contribution is 14.0. The van der Waals surface area contributed by atoms with Crippen molar-refractivity contribution in [3.8, 4) is 5.69 Å². The lowest BCUT2D eigenvalue weighted by Crippen LogP contribution is -2.37. The van der Waals surface area contributed by atoms with Gasteiger partial charge in [0.2, 0.25) is 0 Å². The molecule has 0 saturated heterocycles. The van der Waals surface area contributed by atoms with Crippen molar-refractivity contribution in [3.05, 3.63) is 83.9 Å². The van der Waals surface area contributed by atoms with Gasteiger partial charge in [0.1, 0.15) is 11.6 Å². The molecule has 28 heavy (non-hydrogen) atoms. The first-order valence-electron chi connectivity index (χ1n) is 8.69. The number of hydrogen-bond donors (Lipinski definition) is 2. The van der Waals surface area contributed by atoms with Crippen LogP contribution in [0.1, 0.15) is 18.1 Å². The van der Waals surface area contributed by atoms with Crippen LogP contribution in [0.2, 0.25) is 0 Å². The Morgan fingerprint density at radius 2 is 1.93 bits per heavy atom. The number of imidazole rings is 1. The van der Waals surface area contributed by atoms with Crippen LogP contribution in [0, 0.1) is 11.6 Å². The van der Waals surface area contributed by atoms with Gasteiger partial charge in [-0.1, -0.05) is 24.3 Å². The topological polar surface area (TPSA) is 54.2 Å². The molecule has 0 aliphatic carbocycles. The summed E-state index contributed by atoms with van der Waals surface area (Å²) in [5.74, 6) is -0.0668. The van der Waals surface area contributed by atoms with Crippen LogP contribution in [0.4, 0.5) is 8.78 Å². The second-order valence-electron chi connectivity index (χ2n) is 5.90. The molecule has 0 saturated carbocycles. The number of hydrogen-bond acceptors (Lipinski definition) is 2. The molecule has 148 valence electrons. The fraction of sp³-hybridized carbons (Fsp3) is 0.200. The molecule has 0 radical (unpaired) electrons. The number of rotatable bonds is 6. The van der Waals surface area contributed by atoms with Crippen LogP contribution in [0.25, 0.3) is 5.69 Å². The highest BCUT2D eigenvalue weighted by Gasteiger charge is 2.06. The molecule has 2 aromatic carbocycles. The van der Waals surface area contributed by atoms with Crippen molar-refractivity contribution >= 4 is 29.9 Å². The van der Waals surface area contributed by atoms with E-state index in [1.165, 1.54) is 12.1 Å². The summed E-state index contributed by atoms with van der Waals surface area (Å²) in [6.07, 6.45) is 4.83. The average Bonchev–Trinajstić information content (AvgIpc) is 3.19. The van der Waals surface area contributed by atoms with Crippen molar-refractivity contribution in [2.24, 2.45) is 4.99 Å². The van der Waals surface area contributed by atoms with Gasteiger partial charge in [-0.25, -0.2) is 18.8 Å². The number of guanidine groups is 1. The monoisotopic (exact) mass is 497 g/mol. The van der Waals surface area contributed by atoms with Crippen molar-refractivity contribution in [1.29, 1.82) is 0 Å². The molecule has 0 fully saturated rings. The number of nitrogens with one attached hydrogen (secondary N) is 2. The van der Waals surface area contributed by atoms with Gasteiger partial charge in [0, 0.05) is 31.0 Å². The minimum Gasteiger partial charge on any atom is -0.357 e. The normalized spacial score (nSPS) is 11.0. The van der Waals surface area contributed by atoms with Gasteiger partial charge in [0.15, 0.2) is 5.96 Å². The molecule has 2 N–H and O–H groups in total. The van der Waals surface area contributed by atoms with Gasteiger partial charge in [-0.05, 0) is 30.7 Å². The molecule has 3 aromatic rings. The number of aromatic nitrogens is 2. The van der Waals surface area contributed by atoms with Crippen molar-refractivity contribution in [3.63, 3.8) is 0 Å². The van der Waals surface area contributed by atoms with Gasteiger partial charge in [-0.3, -0.25) is 0 Å². The van der Waals surface area contributed by atoms with E-state index in [1.54, 1.807) is 47.6 Å². The Kier molecular flexibility index (Phi) is 8.37. The zero-order valence-electron chi connectivity index (χ0n) is 15.4. The third kappa shape index (κ3) is 5.75. The van der Waals surface area contributed by atoms with Crippen LogP contribution >= 0.6 is 24.0 Å². The SMILES string of the molecule is CCNC(=NCc1ccc(-n2ccnc2)c(F)c1)NCc1ccccc1F.I. The molecule has 1 heterocycles. The molecule has 0 spiro atoms. The second-order valence-corrected chi connectivity index (χ2v) is 5.90. The molecule has 0 unspecified atom stereocenters. The zero-order valence-corrected chi connectivity index (χ0v) is 17.7. The lowest BCUT2D eigenvalue weighted by molar-refractivity contribution is 0.604. The molecule has 0 aliphatic heterocycles. The first-order valence-corrected chi connectivity index (χ1v) is 8.69. The maximum atomic E-state index is 14.3. The molecule has 5 nitrogen and oxygen atoms in total. The van der Waals surface area contributed by atoms with Crippen LogP contribution in [0.3, 0.4) is 0 Å². The largest absolute Gasteiger partial charge is 0.357 e. The highest BCUT2D eigenvalue weighted by atomic mass is 127. The minimum atomic E-state index is -0.343. The van der Waals surface area contributed by atoms with Gasteiger partial charge in [-0.2, -0.15) is 0 Å². The van der Waals surface area contributed by atoms with Crippen molar-refractivity contribution < 1.29 is 8.78 Å². The molecule has 8 heteroatoms. The van der Waals surface area contributed by atoms with E-state index < -0.39 is 0 Å². The molecular weight excluding hydrogens is 475 g/mol. The summed E-state index contributed by atoms with van der Waals surface area (Å²) in [6.45, 7) is 3.22. The summed E-state index contributed by atoms with van der Waals surface area (Å²) >= 11 is 0. The van der Waals surface area contributed by atoms with Gasteiger partial charge >= 0.3 is 0 Å². The van der Waals surface area contributed by atoms with Crippen LogP contribution < -0.4 is 10.6 Å². The van der Waals surface area contributed by atoms with E-state index >= 15 is 0 Å². The van der Waals surface area contributed by atoms with Gasteiger partial charge in [0.05, 0.1) is 18.6 Å². The maximum Gasteiger partial charge on any atom is 0.191 e. The van der Waals surface area contributed by atoms with Gasteiger partial charge in [-0.15, -0.1) is 24.0 Å². The first-order chi connectivity index (χ1) is 13.2. The summed E-state index contributed by atoms with van der Waals surface area (Å²) < 4.78 is 29.7. The van der Waals surface area contributed by atoms with Crippen LogP contribution in [0.15, 0.2) is 66.2 Å². The molecular formula is C20H22F2IN5. The van der Waals surface area contributed by atoms with Crippen molar-refractivity contribution in [1.82, 2.24) is 20.2 Å². The minimum absolute atomic E-state index is 0. The lowest BCUT2D eigenvalue weighted by atomic mass is 10.2. The predicted octanol–water partition coefficient (Wildman–Crippen LogP) is 4.02. The molecule has 3 rings (SSSR count). The maximum absolute atomic E-state index is 14.3. The number of nitrogens with zero attached hydrogens (tertiary/aromatic N) is 3. The van der Waals surface area contributed by atoms with E-state index in [0.717, 1.165) is 5.56 Å². The van der Waals surface area contributed by atoms with E-state index in [2.05, 4.69) is 20.6 Å². The fourth-order valence-corrected chi connectivity index (χ4v) is 2.59. The van der Waals surface area contributed by atoms with Crippen LogP contribution in [-0.2, 0) is 13.1 Å². The van der Waals surface area contributed by atoms with E-state index in [9.17, 15) is 8.78 Å². The Morgan fingerprint density at radius 3 is 2.61 bits per heavy atom. The summed E-state index contributed by atoms with van der Waals surface area (Å²) in [6, 6.07) is 11.6. The van der Waals surface area contributed by atoms with E-state index in [0.29, 0.717) is 36.8 Å². The Balaban J connectivity index is 0.00000280. The highest BCUT2D eigenvalue weighted by Crippen LogP contribution is 2.15.